The molecule has 6 nitrogen and oxygen atoms in total. The van der Waals surface area contributed by atoms with Gasteiger partial charge in [-0.15, -0.1) is 0 Å². The molecule has 0 saturated heterocycles. The molecular formula is C14H15N5O. The second kappa shape index (κ2) is 4.73. The fourth-order valence-electron chi connectivity index (χ4n) is 2.10. The van der Waals surface area contributed by atoms with Crippen molar-refractivity contribution in [2.75, 3.05) is 12.8 Å². The zero-order valence-corrected chi connectivity index (χ0v) is 11.3. The average Bonchev–Trinajstić information content (AvgIpc) is 3.04. The van der Waals surface area contributed by atoms with Gasteiger partial charge in [0.15, 0.2) is 0 Å². The predicted octanol–water partition coefficient (Wildman–Crippen LogP) is 1.86. The molecule has 3 aromatic rings. The summed E-state index contributed by atoms with van der Waals surface area (Å²) in [4.78, 5) is 0. The van der Waals surface area contributed by atoms with Gasteiger partial charge in [0.2, 0.25) is 0 Å². The molecule has 1 aromatic carbocycles. The zero-order valence-electron chi connectivity index (χ0n) is 11.3. The van der Waals surface area contributed by atoms with Crippen molar-refractivity contribution < 1.29 is 4.74 Å². The summed E-state index contributed by atoms with van der Waals surface area (Å²) in [5.74, 6) is 0.743. The molecule has 0 fully saturated rings. The predicted molar refractivity (Wildman–Crippen MR) is 76.7 cm³/mol. The van der Waals surface area contributed by atoms with Crippen LogP contribution in [-0.2, 0) is 7.05 Å². The van der Waals surface area contributed by atoms with E-state index in [1.807, 2.05) is 37.5 Å². The average molecular weight is 269 g/mol. The summed E-state index contributed by atoms with van der Waals surface area (Å²) in [6, 6.07) is 7.66. The number of benzene rings is 1. The molecule has 0 bridgehead atoms. The van der Waals surface area contributed by atoms with Crippen LogP contribution in [0.3, 0.4) is 0 Å². The lowest BCUT2D eigenvalue weighted by Gasteiger charge is -2.07. The Bertz CT molecular complexity index is 744. The first-order valence-electron chi connectivity index (χ1n) is 6.16. The topological polar surface area (TPSA) is 70.9 Å². The summed E-state index contributed by atoms with van der Waals surface area (Å²) in [5.41, 5.74) is 9.10. The molecule has 20 heavy (non-hydrogen) atoms. The van der Waals surface area contributed by atoms with E-state index in [2.05, 4.69) is 10.2 Å². The van der Waals surface area contributed by atoms with Crippen molar-refractivity contribution in [3.8, 4) is 22.7 Å². The van der Waals surface area contributed by atoms with Gasteiger partial charge >= 0.3 is 0 Å². The van der Waals surface area contributed by atoms with Crippen LogP contribution in [-0.4, -0.2) is 26.7 Å². The monoisotopic (exact) mass is 269 g/mol. The van der Waals surface area contributed by atoms with Crippen LogP contribution in [0.1, 0.15) is 0 Å². The molecule has 3 rings (SSSR count). The van der Waals surface area contributed by atoms with Crippen molar-refractivity contribution in [1.82, 2.24) is 19.6 Å². The van der Waals surface area contributed by atoms with Crippen LogP contribution in [0.2, 0.25) is 0 Å². The van der Waals surface area contributed by atoms with Crippen molar-refractivity contribution in [2.24, 2.45) is 7.05 Å². The van der Waals surface area contributed by atoms with Gasteiger partial charge in [-0.25, -0.2) is 4.68 Å². The second-order valence-corrected chi connectivity index (χ2v) is 4.45. The highest BCUT2D eigenvalue weighted by Crippen LogP contribution is 2.28. The molecule has 2 aromatic heterocycles. The Morgan fingerprint density at radius 1 is 1.20 bits per heavy atom. The summed E-state index contributed by atoms with van der Waals surface area (Å²) < 4.78 is 8.78. The third-order valence-corrected chi connectivity index (χ3v) is 3.05. The van der Waals surface area contributed by atoms with Crippen LogP contribution >= 0.6 is 0 Å². The number of para-hydroxylation sites is 2. The molecule has 6 heteroatoms. The van der Waals surface area contributed by atoms with Gasteiger partial charge in [0.25, 0.3) is 0 Å². The summed E-state index contributed by atoms with van der Waals surface area (Å²) in [7, 11) is 3.49. The molecule has 0 aliphatic rings. The van der Waals surface area contributed by atoms with Crippen LogP contribution in [0.4, 0.5) is 5.69 Å². The highest BCUT2D eigenvalue weighted by atomic mass is 16.5. The van der Waals surface area contributed by atoms with Crippen molar-refractivity contribution in [2.45, 2.75) is 0 Å². The van der Waals surface area contributed by atoms with Gasteiger partial charge in [-0.1, -0.05) is 12.1 Å². The van der Waals surface area contributed by atoms with Gasteiger partial charge in [0, 0.05) is 18.8 Å². The van der Waals surface area contributed by atoms with Gasteiger partial charge in [0.1, 0.15) is 17.1 Å². The second-order valence-electron chi connectivity index (χ2n) is 4.45. The highest BCUT2D eigenvalue weighted by Gasteiger charge is 2.13. The number of rotatable bonds is 3. The molecule has 0 amide bonds. The molecule has 0 atom stereocenters. The normalized spacial score (nSPS) is 10.7. The minimum absolute atomic E-state index is 0.601. The van der Waals surface area contributed by atoms with E-state index < -0.39 is 0 Å². The number of aryl methyl sites for hydroxylation is 1. The third-order valence-electron chi connectivity index (χ3n) is 3.05. The van der Waals surface area contributed by atoms with Crippen LogP contribution in [0.25, 0.3) is 16.9 Å². The number of nitrogens with zero attached hydrogens (tertiary/aromatic N) is 4. The lowest BCUT2D eigenvalue weighted by atomic mass is 10.2. The van der Waals surface area contributed by atoms with Crippen molar-refractivity contribution in [1.29, 1.82) is 0 Å². The van der Waals surface area contributed by atoms with Crippen LogP contribution < -0.4 is 10.5 Å². The number of hydrogen-bond donors (Lipinski definition) is 1. The Hall–Kier alpha value is -2.76. The van der Waals surface area contributed by atoms with E-state index in [1.54, 1.807) is 28.9 Å². The molecule has 0 radical (unpaired) electrons. The van der Waals surface area contributed by atoms with Crippen LogP contribution in [0.15, 0.2) is 42.9 Å². The first-order valence-corrected chi connectivity index (χ1v) is 6.16. The maximum atomic E-state index is 6.05. The molecule has 2 N–H and O–H groups in total. The Labute approximate surface area is 116 Å². The molecular weight excluding hydrogens is 254 g/mol. The Morgan fingerprint density at radius 2 is 2.00 bits per heavy atom. The molecule has 0 aliphatic heterocycles. The largest absolute Gasteiger partial charge is 0.494 e. The SMILES string of the molecule is COc1ccccc1-n1cc(N)c(-c2cnn(C)c2)n1. The molecule has 102 valence electrons. The standard InChI is InChI=1S/C14H15N5O/c1-18-8-10(7-16-18)14-11(15)9-19(17-14)12-5-3-4-6-13(12)20-2/h3-9H,15H2,1-2H3. The van der Waals surface area contributed by atoms with Gasteiger partial charge < -0.3 is 10.5 Å². The first kappa shape index (κ1) is 12.3. The minimum Gasteiger partial charge on any atom is -0.494 e. The van der Waals surface area contributed by atoms with Gasteiger partial charge in [0.05, 0.1) is 25.2 Å². The van der Waals surface area contributed by atoms with E-state index in [9.17, 15) is 0 Å². The number of nitrogen functional groups attached to an aromatic ring is 1. The summed E-state index contributed by atoms with van der Waals surface area (Å²) in [6.07, 6.45) is 5.40. The Kier molecular flexibility index (Phi) is 2.90. The van der Waals surface area contributed by atoms with E-state index in [-0.39, 0.29) is 0 Å². The lowest BCUT2D eigenvalue weighted by Crippen LogP contribution is -1.98. The summed E-state index contributed by atoms with van der Waals surface area (Å²) in [6.45, 7) is 0. The Morgan fingerprint density at radius 3 is 2.70 bits per heavy atom. The van der Waals surface area contributed by atoms with E-state index in [4.69, 9.17) is 10.5 Å². The highest BCUT2D eigenvalue weighted by molar-refractivity contribution is 5.71. The third kappa shape index (κ3) is 2.01. The fraction of sp³-hybridized carbons (Fsp3) is 0.143. The molecule has 0 saturated carbocycles. The maximum absolute atomic E-state index is 6.05. The quantitative estimate of drug-likeness (QED) is 0.788. The van der Waals surface area contributed by atoms with E-state index in [0.717, 1.165) is 17.0 Å². The van der Waals surface area contributed by atoms with Gasteiger partial charge in [-0.3, -0.25) is 4.68 Å². The Balaban J connectivity index is 2.09. The minimum atomic E-state index is 0.601. The maximum Gasteiger partial charge on any atom is 0.144 e. The number of ether oxygens (including phenoxy) is 1. The number of nitrogens with two attached hydrogens (primary N) is 1. The lowest BCUT2D eigenvalue weighted by molar-refractivity contribution is 0.412. The van der Waals surface area contributed by atoms with Crippen molar-refractivity contribution in [3.63, 3.8) is 0 Å². The number of methoxy groups -OCH3 is 1. The van der Waals surface area contributed by atoms with Crippen LogP contribution in [0.5, 0.6) is 5.75 Å². The zero-order chi connectivity index (χ0) is 14.1. The van der Waals surface area contributed by atoms with Crippen LogP contribution in [0, 0.1) is 0 Å². The number of anilines is 1. The van der Waals surface area contributed by atoms with Crippen molar-refractivity contribution in [3.05, 3.63) is 42.9 Å². The molecule has 0 aliphatic carbocycles. The van der Waals surface area contributed by atoms with Gasteiger partial charge in [-0.2, -0.15) is 10.2 Å². The number of hydrogen-bond acceptors (Lipinski definition) is 4. The summed E-state index contributed by atoms with van der Waals surface area (Å²) >= 11 is 0. The number of aromatic nitrogens is 4. The first-order chi connectivity index (χ1) is 9.69. The van der Waals surface area contributed by atoms with Gasteiger partial charge in [-0.05, 0) is 12.1 Å². The fourth-order valence-corrected chi connectivity index (χ4v) is 2.10. The molecule has 2 heterocycles. The summed E-state index contributed by atoms with van der Waals surface area (Å²) in [5, 5.41) is 8.67. The smallest absolute Gasteiger partial charge is 0.144 e. The molecule has 0 spiro atoms. The van der Waals surface area contributed by atoms with E-state index >= 15 is 0 Å². The van der Waals surface area contributed by atoms with E-state index in [0.29, 0.717) is 11.4 Å². The molecule has 0 unspecified atom stereocenters. The van der Waals surface area contributed by atoms with Crippen molar-refractivity contribution >= 4 is 5.69 Å². The van der Waals surface area contributed by atoms with E-state index in [1.165, 1.54) is 0 Å².